The lowest BCUT2D eigenvalue weighted by atomic mass is 10.0. The molecule has 0 radical (unpaired) electrons. The van der Waals surface area contributed by atoms with Gasteiger partial charge in [-0.3, -0.25) is 14.4 Å². The molecule has 9 heteroatoms. The monoisotopic (exact) mass is 478 g/mol. The van der Waals surface area contributed by atoms with E-state index in [1.165, 1.54) is 27.3 Å². The average molecular weight is 479 g/mol. The van der Waals surface area contributed by atoms with Crippen molar-refractivity contribution in [3.63, 3.8) is 0 Å². The van der Waals surface area contributed by atoms with Gasteiger partial charge in [0.1, 0.15) is 22.8 Å². The van der Waals surface area contributed by atoms with Crippen LogP contribution in [0.2, 0.25) is 0 Å². The van der Waals surface area contributed by atoms with Crippen molar-refractivity contribution in [3.8, 4) is 22.6 Å². The zero-order valence-electron chi connectivity index (χ0n) is 20.4. The summed E-state index contributed by atoms with van der Waals surface area (Å²) in [6.07, 6.45) is 3.16. The van der Waals surface area contributed by atoms with E-state index in [4.69, 9.17) is 4.74 Å². The molecule has 3 aromatic heterocycles. The SMILES string of the molecule is Cc1cc(F)cc(C)c1Oc1cn(C)c(=O)cc1-c1cn(C)c(=O)c2[nH]c(C(=O)NC(C)C)cc12. The Bertz CT molecular complexity index is 1570. The topological polar surface area (TPSA) is 98.1 Å². The van der Waals surface area contributed by atoms with Crippen molar-refractivity contribution in [2.75, 3.05) is 0 Å². The second kappa shape index (κ2) is 8.90. The van der Waals surface area contributed by atoms with E-state index in [-0.39, 0.29) is 40.1 Å². The highest BCUT2D eigenvalue weighted by molar-refractivity contribution is 6.03. The largest absolute Gasteiger partial charge is 0.455 e. The van der Waals surface area contributed by atoms with Crippen LogP contribution in [0.4, 0.5) is 4.39 Å². The molecule has 0 fully saturated rings. The minimum atomic E-state index is -0.368. The summed E-state index contributed by atoms with van der Waals surface area (Å²) in [4.78, 5) is 41.0. The summed E-state index contributed by atoms with van der Waals surface area (Å²) in [5.41, 5.74) is 2.04. The number of aryl methyl sites for hydroxylation is 4. The summed E-state index contributed by atoms with van der Waals surface area (Å²) in [7, 11) is 3.19. The van der Waals surface area contributed by atoms with Crippen molar-refractivity contribution in [1.82, 2.24) is 19.4 Å². The van der Waals surface area contributed by atoms with Gasteiger partial charge in [-0.2, -0.15) is 0 Å². The molecular weight excluding hydrogens is 451 g/mol. The Hall–Kier alpha value is -4.14. The van der Waals surface area contributed by atoms with E-state index < -0.39 is 0 Å². The molecule has 0 saturated carbocycles. The number of halogens is 1. The predicted octanol–water partition coefficient (Wildman–Crippen LogP) is 3.92. The molecule has 3 heterocycles. The Morgan fingerprint density at radius 3 is 2.29 bits per heavy atom. The van der Waals surface area contributed by atoms with Gasteiger partial charge in [-0.15, -0.1) is 0 Å². The number of aromatic amines is 1. The van der Waals surface area contributed by atoms with Gasteiger partial charge in [0.05, 0.1) is 6.20 Å². The van der Waals surface area contributed by atoms with E-state index in [1.807, 2.05) is 13.8 Å². The lowest BCUT2D eigenvalue weighted by Gasteiger charge is -2.17. The number of carbonyl (C=O) groups is 1. The summed E-state index contributed by atoms with van der Waals surface area (Å²) in [6.45, 7) is 7.16. The third-order valence-corrected chi connectivity index (χ3v) is 5.75. The first-order valence-corrected chi connectivity index (χ1v) is 11.1. The van der Waals surface area contributed by atoms with Crippen LogP contribution in [0.3, 0.4) is 0 Å². The Labute approximate surface area is 201 Å². The normalized spacial score (nSPS) is 11.3. The van der Waals surface area contributed by atoms with Crippen LogP contribution in [0, 0.1) is 19.7 Å². The summed E-state index contributed by atoms with van der Waals surface area (Å²) < 4.78 is 22.8. The van der Waals surface area contributed by atoms with Crippen LogP contribution in [0.15, 0.2) is 46.2 Å². The van der Waals surface area contributed by atoms with Crippen molar-refractivity contribution < 1.29 is 13.9 Å². The highest BCUT2D eigenvalue weighted by Crippen LogP contribution is 2.37. The van der Waals surface area contributed by atoms with Crippen molar-refractivity contribution in [2.24, 2.45) is 14.1 Å². The maximum atomic E-state index is 13.8. The van der Waals surface area contributed by atoms with Gasteiger partial charge in [0, 0.05) is 48.9 Å². The lowest BCUT2D eigenvalue weighted by Crippen LogP contribution is -2.30. The van der Waals surface area contributed by atoms with Crippen LogP contribution in [0.5, 0.6) is 11.5 Å². The maximum absolute atomic E-state index is 13.8. The first-order valence-electron chi connectivity index (χ1n) is 11.1. The number of benzene rings is 1. The van der Waals surface area contributed by atoms with Crippen molar-refractivity contribution in [1.29, 1.82) is 0 Å². The van der Waals surface area contributed by atoms with Gasteiger partial charge in [0.2, 0.25) is 0 Å². The zero-order chi connectivity index (χ0) is 25.6. The first-order chi connectivity index (χ1) is 16.5. The summed E-state index contributed by atoms with van der Waals surface area (Å²) in [6, 6.07) is 5.68. The van der Waals surface area contributed by atoms with Crippen LogP contribution in [-0.2, 0) is 14.1 Å². The Kier molecular flexibility index (Phi) is 6.10. The highest BCUT2D eigenvalue weighted by atomic mass is 19.1. The first kappa shape index (κ1) is 24.0. The quantitative estimate of drug-likeness (QED) is 0.454. The fraction of sp³-hybridized carbons (Fsp3) is 0.269. The van der Waals surface area contributed by atoms with Crippen molar-refractivity contribution in [3.05, 3.63) is 80.0 Å². The number of nitrogens with one attached hydrogen (secondary N) is 2. The third kappa shape index (κ3) is 4.49. The van der Waals surface area contributed by atoms with E-state index >= 15 is 0 Å². The molecule has 182 valence electrons. The summed E-state index contributed by atoms with van der Waals surface area (Å²) in [5, 5.41) is 3.28. The Morgan fingerprint density at radius 2 is 1.66 bits per heavy atom. The number of ether oxygens (including phenoxy) is 1. The molecule has 35 heavy (non-hydrogen) atoms. The molecule has 1 aromatic carbocycles. The molecule has 0 bridgehead atoms. The number of nitrogens with zero attached hydrogens (tertiary/aromatic N) is 2. The molecule has 8 nitrogen and oxygen atoms in total. The van der Waals surface area contributed by atoms with Gasteiger partial charge in [0.25, 0.3) is 17.0 Å². The van der Waals surface area contributed by atoms with Crippen LogP contribution in [0.25, 0.3) is 22.0 Å². The van der Waals surface area contributed by atoms with Gasteiger partial charge in [0.15, 0.2) is 5.75 Å². The van der Waals surface area contributed by atoms with Gasteiger partial charge < -0.3 is 24.2 Å². The zero-order valence-corrected chi connectivity index (χ0v) is 20.4. The van der Waals surface area contributed by atoms with Crippen LogP contribution >= 0.6 is 0 Å². The van der Waals surface area contributed by atoms with E-state index in [0.717, 1.165) is 0 Å². The van der Waals surface area contributed by atoms with Gasteiger partial charge in [-0.05, 0) is 57.0 Å². The van der Waals surface area contributed by atoms with Crippen molar-refractivity contribution >= 4 is 16.8 Å². The van der Waals surface area contributed by atoms with E-state index in [1.54, 1.807) is 46.4 Å². The number of pyridine rings is 2. The molecule has 0 aliphatic carbocycles. The van der Waals surface area contributed by atoms with Crippen LogP contribution in [0.1, 0.15) is 35.5 Å². The summed E-state index contributed by atoms with van der Waals surface area (Å²) >= 11 is 0. The predicted molar refractivity (Wildman–Crippen MR) is 133 cm³/mol. The van der Waals surface area contributed by atoms with E-state index in [2.05, 4.69) is 10.3 Å². The molecule has 0 aliphatic rings. The third-order valence-electron chi connectivity index (χ3n) is 5.75. The number of fused-ring (bicyclic) bond motifs is 1. The molecule has 0 saturated heterocycles. The van der Waals surface area contributed by atoms with E-state index in [0.29, 0.717) is 39.1 Å². The van der Waals surface area contributed by atoms with Gasteiger partial charge in [-0.1, -0.05) is 0 Å². The minimum absolute atomic E-state index is 0.0875. The number of H-pyrrole nitrogens is 1. The molecule has 0 unspecified atom stereocenters. The molecule has 0 aliphatic heterocycles. The van der Waals surface area contributed by atoms with Crippen LogP contribution in [-0.4, -0.2) is 26.1 Å². The maximum Gasteiger partial charge on any atom is 0.274 e. The van der Waals surface area contributed by atoms with Gasteiger partial charge >= 0.3 is 0 Å². The number of aromatic nitrogens is 3. The fourth-order valence-electron chi connectivity index (χ4n) is 4.08. The fourth-order valence-corrected chi connectivity index (χ4v) is 4.08. The van der Waals surface area contributed by atoms with Crippen molar-refractivity contribution in [2.45, 2.75) is 33.7 Å². The standard InChI is InChI=1S/C26H27FN4O4/c1-13(2)28-25(33)20-9-18-19(11-31(6)26(34)23(18)29-20)17-10-22(32)30(5)12-21(17)35-24-14(3)7-16(27)8-15(24)4/h7-13,29H,1-6H3,(H,28,33). The van der Waals surface area contributed by atoms with Gasteiger partial charge in [-0.25, -0.2) is 4.39 Å². The molecule has 0 spiro atoms. The molecular formula is C26H27FN4O4. The molecule has 1 amide bonds. The number of hydrogen-bond acceptors (Lipinski definition) is 4. The summed E-state index contributed by atoms with van der Waals surface area (Å²) in [5.74, 6) is 0.104. The number of hydrogen-bond donors (Lipinski definition) is 2. The second-order valence-electron chi connectivity index (χ2n) is 9.03. The smallest absolute Gasteiger partial charge is 0.274 e. The Morgan fingerprint density at radius 1 is 1.00 bits per heavy atom. The Balaban J connectivity index is 1.97. The molecule has 4 rings (SSSR count). The minimum Gasteiger partial charge on any atom is -0.455 e. The number of amides is 1. The molecule has 4 aromatic rings. The molecule has 0 atom stereocenters. The highest BCUT2D eigenvalue weighted by Gasteiger charge is 2.20. The number of rotatable bonds is 5. The lowest BCUT2D eigenvalue weighted by molar-refractivity contribution is 0.0939. The second-order valence-corrected chi connectivity index (χ2v) is 9.03. The average Bonchev–Trinajstić information content (AvgIpc) is 3.21. The molecule has 2 N–H and O–H groups in total. The van der Waals surface area contributed by atoms with E-state index in [9.17, 15) is 18.8 Å². The van der Waals surface area contributed by atoms with Crippen LogP contribution < -0.4 is 21.2 Å². The number of carbonyl (C=O) groups excluding carboxylic acids is 1.